The summed E-state index contributed by atoms with van der Waals surface area (Å²) in [6.45, 7) is -0.222. The van der Waals surface area contributed by atoms with Gasteiger partial charge < -0.3 is 29.5 Å². The Bertz CT molecular complexity index is 807. The van der Waals surface area contributed by atoms with E-state index in [-0.39, 0.29) is 42.2 Å². The predicted molar refractivity (Wildman–Crippen MR) is 98.4 cm³/mol. The SMILES string of the molecule is COC(=O)C1=C(Nc2cc(OC)c(Br)cc2C(=O)OC)C(=O)N(CCO)C1. The largest absolute Gasteiger partial charge is 0.495 e. The van der Waals surface area contributed by atoms with Crippen molar-refractivity contribution >= 4 is 39.5 Å². The van der Waals surface area contributed by atoms with Gasteiger partial charge in [-0.15, -0.1) is 0 Å². The Balaban J connectivity index is 2.52. The summed E-state index contributed by atoms with van der Waals surface area (Å²) in [4.78, 5) is 38.1. The molecule has 1 heterocycles. The zero-order chi connectivity index (χ0) is 20.1. The maximum absolute atomic E-state index is 12.6. The molecule has 0 fully saturated rings. The molecule has 146 valence electrons. The van der Waals surface area contributed by atoms with E-state index in [9.17, 15) is 14.4 Å². The molecule has 0 saturated carbocycles. The fourth-order valence-corrected chi connectivity index (χ4v) is 3.08. The van der Waals surface area contributed by atoms with Crippen molar-refractivity contribution in [3.8, 4) is 5.75 Å². The Morgan fingerprint density at radius 1 is 1.22 bits per heavy atom. The van der Waals surface area contributed by atoms with Crippen LogP contribution in [-0.2, 0) is 19.1 Å². The second-order valence-corrected chi connectivity index (χ2v) is 6.30. The molecule has 0 saturated heterocycles. The number of β-amino-alcohol motifs (C(OH)–C–C–N with tert-alkyl or cyclic N) is 1. The minimum Gasteiger partial charge on any atom is -0.495 e. The van der Waals surface area contributed by atoms with Crippen LogP contribution >= 0.6 is 15.9 Å². The molecule has 9 nitrogen and oxygen atoms in total. The fourth-order valence-electron chi connectivity index (χ4n) is 2.58. The Morgan fingerprint density at radius 2 is 1.89 bits per heavy atom. The van der Waals surface area contributed by atoms with Crippen LogP contribution in [0.2, 0.25) is 0 Å². The number of halogens is 1. The monoisotopic (exact) mass is 442 g/mol. The number of nitrogens with one attached hydrogen (secondary N) is 1. The van der Waals surface area contributed by atoms with Crippen LogP contribution in [-0.4, -0.2) is 68.9 Å². The molecule has 1 aromatic rings. The van der Waals surface area contributed by atoms with Gasteiger partial charge in [-0.3, -0.25) is 4.79 Å². The van der Waals surface area contributed by atoms with Gasteiger partial charge in [-0.25, -0.2) is 9.59 Å². The number of hydrogen-bond donors (Lipinski definition) is 2. The molecule has 1 aliphatic heterocycles. The first-order valence-corrected chi connectivity index (χ1v) is 8.61. The van der Waals surface area contributed by atoms with Crippen LogP contribution in [0.15, 0.2) is 27.9 Å². The summed E-state index contributed by atoms with van der Waals surface area (Å²) in [6.07, 6.45) is 0. The number of esters is 2. The standard InChI is InChI=1S/C17H19BrN2O7/c1-25-13-7-12(9(6-11(13)18)16(23)26-2)19-14-10(17(24)27-3)8-20(4-5-21)15(14)22/h6-7,19,21H,4-5,8H2,1-3H3. The number of hydrogen-bond acceptors (Lipinski definition) is 8. The smallest absolute Gasteiger partial charge is 0.340 e. The number of nitrogens with zero attached hydrogens (tertiary/aromatic N) is 1. The fraction of sp³-hybridized carbons (Fsp3) is 0.353. The average molecular weight is 443 g/mol. The van der Waals surface area contributed by atoms with E-state index >= 15 is 0 Å². The van der Waals surface area contributed by atoms with Crippen molar-refractivity contribution in [3.63, 3.8) is 0 Å². The molecule has 0 unspecified atom stereocenters. The highest BCUT2D eigenvalue weighted by molar-refractivity contribution is 9.10. The topological polar surface area (TPSA) is 114 Å². The van der Waals surface area contributed by atoms with Gasteiger partial charge in [-0.1, -0.05) is 0 Å². The highest BCUT2D eigenvalue weighted by Crippen LogP contribution is 2.34. The number of methoxy groups -OCH3 is 3. The van der Waals surface area contributed by atoms with E-state index in [1.54, 1.807) is 0 Å². The molecule has 2 N–H and O–H groups in total. The number of aliphatic hydroxyl groups excluding tert-OH is 1. The lowest BCUT2D eigenvalue weighted by atomic mass is 10.1. The first kappa shape index (κ1) is 20.7. The lowest BCUT2D eigenvalue weighted by molar-refractivity contribution is -0.136. The number of rotatable bonds is 7. The third kappa shape index (κ3) is 4.22. The summed E-state index contributed by atoms with van der Waals surface area (Å²) >= 11 is 3.29. The zero-order valence-corrected chi connectivity index (χ0v) is 16.6. The lowest BCUT2D eigenvalue weighted by Crippen LogP contribution is -2.31. The van der Waals surface area contributed by atoms with Crippen LogP contribution in [0.5, 0.6) is 5.75 Å². The Hall–Kier alpha value is -2.59. The number of carbonyl (C=O) groups excluding carboxylic acids is 3. The van der Waals surface area contributed by atoms with E-state index < -0.39 is 17.8 Å². The third-order valence-corrected chi connectivity index (χ3v) is 4.53. The average Bonchev–Trinajstić information content (AvgIpc) is 2.97. The van der Waals surface area contributed by atoms with Crippen molar-refractivity contribution in [2.75, 3.05) is 46.3 Å². The van der Waals surface area contributed by atoms with Crippen molar-refractivity contribution < 1.29 is 33.7 Å². The lowest BCUT2D eigenvalue weighted by Gasteiger charge is -2.16. The molecule has 1 aromatic carbocycles. The molecule has 10 heteroatoms. The number of benzene rings is 1. The molecule has 0 aromatic heterocycles. The predicted octanol–water partition coefficient (Wildman–Crippen LogP) is 0.918. The van der Waals surface area contributed by atoms with Crippen molar-refractivity contribution in [3.05, 3.63) is 33.4 Å². The summed E-state index contributed by atoms with van der Waals surface area (Å²) in [5, 5.41) is 12.0. The quantitative estimate of drug-likeness (QED) is 0.599. The Kier molecular flexibility index (Phi) is 6.81. The highest BCUT2D eigenvalue weighted by Gasteiger charge is 2.35. The summed E-state index contributed by atoms with van der Waals surface area (Å²) in [5.74, 6) is -1.42. The Morgan fingerprint density at radius 3 is 2.44 bits per heavy atom. The first-order chi connectivity index (χ1) is 12.9. The number of anilines is 1. The number of ether oxygens (including phenoxy) is 3. The van der Waals surface area contributed by atoms with E-state index in [1.165, 1.54) is 38.4 Å². The van der Waals surface area contributed by atoms with E-state index in [0.717, 1.165) is 0 Å². The molecule has 1 aliphatic rings. The third-order valence-electron chi connectivity index (χ3n) is 3.91. The van der Waals surface area contributed by atoms with Gasteiger partial charge in [0.25, 0.3) is 5.91 Å². The summed E-state index contributed by atoms with van der Waals surface area (Å²) in [5.41, 5.74) is 0.409. The van der Waals surface area contributed by atoms with Gasteiger partial charge in [0.15, 0.2) is 0 Å². The molecule has 0 bridgehead atoms. The van der Waals surface area contributed by atoms with Crippen LogP contribution in [0.3, 0.4) is 0 Å². The maximum atomic E-state index is 12.6. The van der Waals surface area contributed by atoms with Crippen molar-refractivity contribution in [1.29, 1.82) is 0 Å². The van der Waals surface area contributed by atoms with Crippen LogP contribution in [0, 0.1) is 0 Å². The van der Waals surface area contributed by atoms with Gasteiger partial charge >= 0.3 is 11.9 Å². The van der Waals surface area contributed by atoms with Gasteiger partial charge in [0.1, 0.15) is 11.4 Å². The van der Waals surface area contributed by atoms with E-state index in [1.807, 2.05) is 0 Å². The zero-order valence-electron chi connectivity index (χ0n) is 15.0. The Labute approximate surface area is 164 Å². The first-order valence-electron chi connectivity index (χ1n) is 7.82. The molecule has 0 atom stereocenters. The van der Waals surface area contributed by atoms with Crippen LogP contribution in [0.25, 0.3) is 0 Å². The van der Waals surface area contributed by atoms with E-state index in [2.05, 4.69) is 21.2 Å². The molecular weight excluding hydrogens is 424 g/mol. The number of carbonyl (C=O) groups is 3. The molecule has 0 radical (unpaired) electrons. The van der Waals surface area contributed by atoms with Gasteiger partial charge in [0, 0.05) is 12.6 Å². The molecule has 1 amide bonds. The molecule has 0 spiro atoms. The normalized spacial score (nSPS) is 13.7. The summed E-state index contributed by atoms with van der Waals surface area (Å²) in [6, 6.07) is 2.98. The second-order valence-electron chi connectivity index (χ2n) is 5.44. The maximum Gasteiger partial charge on any atom is 0.340 e. The van der Waals surface area contributed by atoms with Crippen molar-refractivity contribution in [2.45, 2.75) is 0 Å². The number of amides is 1. The highest BCUT2D eigenvalue weighted by atomic mass is 79.9. The van der Waals surface area contributed by atoms with E-state index in [4.69, 9.17) is 19.3 Å². The second kappa shape index (κ2) is 8.87. The van der Waals surface area contributed by atoms with Crippen molar-refractivity contribution in [1.82, 2.24) is 4.90 Å². The molecule has 27 heavy (non-hydrogen) atoms. The van der Waals surface area contributed by atoms with E-state index in [0.29, 0.717) is 10.2 Å². The van der Waals surface area contributed by atoms with Crippen LogP contribution in [0.1, 0.15) is 10.4 Å². The minimum absolute atomic E-state index is 0.0182. The minimum atomic E-state index is -0.685. The van der Waals surface area contributed by atoms with Crippen LogP contribution in [0.4, 0.5) is 5.69 Å². The summed E-state index contributed by atoms with van der Waals surface area (Å²) in [7, 11) is 3.88. The van der Waals surface area contributed by atoms with Gasteiger partial charge in [-0.2, -0.15) is 0 Å². The molecule has 2 rings (SSSR count). The molecular formula is C17H19BrN2O7. The molecule has 0 aliphatic carbocycles. The number of aliphatic hydroxyl groups is 1. The summed E-state index contributed by atoms with van der Waals surface area (Å²) < 4.78 is 15.3. The van der Waals surface area contributed by atoms with Gasteiger partial charge in [-0.05, 0) is 22.0 Å². The van der Waals surface area contributed by atoms with Gasteiger partial charge in [0.2, 0.25) is 0 Å². The van der Waals surface area contributed by atoms with Gasteiger partial charge in [0.05, 0.1) is 55.8 Å². The van der Waals surface area contributed by atoms with Crippen molar-refractivity contribution in [2.24, 2.45) is 0 Å². The van der Waals surface area contributed by atoms with Crippen LogP contribution < -0.4 is 10.1 Å².